The van der Waals surface area contributed by atoms with E-state index in [0.717, 1.165) is 69.3 Å². The van der Waals surface area contributed by atoms with Gasteiger partial charge < -0.3 is 20.8 Å². The largest absolute Gasteiger partial charge is 0.369 e. The van der Waals surface area contributed by atoms with Gasteiger partial charge in [0.05, 0.1) is 18.4 Å². The summed E-state index contributed by atoms with van der Waals surface area (Å²) in [6.07, 6.45) is 32.9. The molecule has 236 valence electrons. The number of aryl methyl sites for hydroxylation is 2. The molecule has 2 rings (SSSR count). The molecule has 0 amide bonds. The number of nitrogens with one attached hydrogen (secondary N) is 2. The Hall–Kier alpha value is -2.48. The summed E-state index contributed by atoms with van der Waals surface area (Å²) in [4.78, 5) is 17.2. The van der Waals surface area contributed by atoms with Gasteiger partial charge in [-0.25, -0.2) is 4.98 Å². The number of carbonyl (C=O) groups excluding carboxylic acids is 1. The van der Waals surface area contributed by atoms with Gasteiger partial charge in [-0.1, -0.05) is 95.9 Å². The van der Waals surface area contributed by atoms with E-state index in [1.807, 2.05) is 38.0 Å². The second-order valence-corrected chi connectivity index (χ2v) is 10.5. The van der Waals surface area contributed by atoms with Crippen molar-refractivity contribution in [1.29, 1.82) is 0 Å². The molecule has 0 saturated carbocycles. The van der Waals surface area contributed by atoms with E-state index in [1.54, 1.807) is 0 Å². The van der Waals surface area contributed by atoms with Gasteiger partial charge in [-0.3, -0.25) is 4.68 Å². The van der Waals surface area contributed by atoms with Crippen LogP contribution >= 0.6 is 0 Å². The van der Waals surface area contributed by atoms with Crippen LogP contribution < -0.4 is 11.1 Å². The molecule has 0 aliphatic carbocycles. The molecule has 0 aliphatic heterocycles. The number of aromatic amines is 1. The monoisotopic (exact) mass is 574 g/mol. The molecule has 0 spiro atoms. The highest BCUT2D eigenvalue weighted by Crippen LogP contribution is 2.10. The fourth-order valence-corrected chi connectivity index (χ4v) is 4.39. The fraction of sp³-hybridized carbons (Fsp3) is 0.758. The van der Waals surface area contributed by atoms with E-state index in [-0.39, 0.29) is 0 Å². The Bertz CT molecular complexity index is 831. The molecule has 0 bridgehead atoms. The van der Waals surface area contributed by atoms with Crippen molar-refractivity contribution in [3.05, 3.63) is 35.9 Å². The predicted molar refractivity (Wildman–Crippen MR) is 175 cm³/mol. The lowest BCUT2D eigenvalue weighted by molar-refractivity contribution is -0.107. The number of likely N-dealkylation sites (N-methyl/N-ethyl adjacent to an activating group) is 1. The van der Waals surface area contributed by atoms with Gasteiger partial charge in [-0.05, 0) is 64.8 Å². The first kappa shape index (κ1) is 38.5. The minimum absolute atomic E-state index is 0.498. The number of aromatic nitrogens is 5. The van der Waals surface area contributed by atoms with E-state index >= 15 is 0 Å². The second kappa shape index (κ2) is 30.5. The van der Waals surface area contributed by atoms with Gasteiger partial charge in [0.2, 0.25) is 0 Å². The Kier molecular flexibility index (Phi) is 28.6. The first-order valence-electron chi connectivity index (χ1n) is 16.6. The zero-order chi connectivity index (χ0) is 30.2. The van der Waals surface area contributed by atoms with Crippen LogP contribution in [0.25, 0.3) is 0 Å². The molecule has 41 heavy (non-hydrogen) atoms. The Morgan fingerprint density at radius 2 is 1.44 bits per heavy atom. The van der Waals surface area contributed by atoms with Crippen molar-refractivity contribution in [3.63, 3.8) is 0 Å². The third-order valence-corrected chi connectivity index (χ3v) is 6.79. The molecule has 0 aliphatic rings. The number of hydrogen-bond acceptors (Lipinski definition) is 6. The van der Waals surface area contributed by atoms with Crippen molar-refractivity contribution in [1.82, 2.24) is 30.3 Å². The average molecular weight is 574 g/mol. The predicted octanol–water partition coefficient (Wildman–Crippen LogP) is 8.01. The SMILES string of the molecule is CC.CCCCCCCC/C=C/CCCCCCCC=O.CNCCn1cc(CCCCCc2cnc(N)[nH]2)nn1. The maximum absolute atomic E-state index is 10.1. The molecule has 0 saturated heterocycles. The molecular formula is C33H63N7O. The van der Waals surface area contributed by atoms with Crippen LogP contribution in [0.3, 0.4) is 0 Å². The normalized spacial score (nSPS) is 10.7. The number of nitrogens with two attached hydrogens (primary N) is 1. The van der Waals surface area contributed by atoms with Crippen molar-refractivity contribution in [2.45, 2.75) is 149 Å². The van der Waals surface area contributed by atoms with Crippen molar-refractivity contribution < 1.29 is 4.79 Å². The van der Waals surface area contributed by atoms with E-state index in [9.17, 15) is 4.79 Å². The molecule has 8 heteroatoms. The summed E-state index contributed by atoms with van der Waals surface area (Å²) in [5.74, 6) is 0.498. The summed E-state index contributed by atoms with van der Waals surface area (Å²) in [6.45, 7) is 8.05. The lowest BCUT2D eigenvalue weighted by atomic mass is 10.1. The van der Waals surface area contributed by atoms with Gasteiger partial charge in [0.25, 0.3) is 0 Å². The summed E-state index contributed by atoms with van der Waals surface area (Å²) in [5.41, 5.74) is 7.72. The zero-order valence-electron chi connectivity index (χ0n) is 27.0. The van der Waals surface area contributed by atoms with Crippen LogP contribution in [0, 0.1) is 0 Å². The van der Waals surface area contributed by atoms with Gasteiger partial charge in [-0.15, -0.1) is 5.10 Å². The summed E-state index contributed by atoms with van der Waals surface area (Å²) in [5, 5.41) is 11.4. The van der Waals surface area contributed by atoms with Crippen LogP contribution in [0.2, 0.25) is 0 Å². The highest BCUT2D eigenvalue weighted by atomic mass is 16.1. The number of allylic oxidation sites excluding steroid dienone is 2. The van der Waals surface area contributed by atoms with Crippen molar-refractivity contribution in [3.8, 4) is 0 Å². The third-order valence-electron chi connectivity index (χ3n) is 6.79. The topological polar surface area (TPSA) is 115 Å². The number of aldehydes is 1. The van der Waals surface area contributed by atoms with Crippen LogP contribution in [0.4, 0.5) is 5.95 Å². The Morgan fingerprint density at radius 3 is 2.02 bits per heavy atom. The van der Waals surface area contributed by atoms with E-state index in [0.29, 0.717) is 5.95 Å². The standard InChI is InChI=1S/C18H34O.C13H23N7.C2H6/c1-2-3-4-5-6-7-8-9-10-11-12-13-14-15-16-17-18-19;1-15-7-8-20-10-12(18-19-20)6-4-2-3-5-11-9-16-13(14)17-11;1-2/h9-10,18H,2-8,11-17H2,1H3;9-10,15H,2-8H2,1H3,(H3,14,16,17);1-2H3/b10-9+;;. The number of rotatable bonds is 24. The number of hydrogen-bond donors (Lipinski definition) is 3. The summed E-state index contributed by atoms with van der Waals surface area (Å²) in [6, 6.07) is 0. The van der Waals surface area contributed by atoms with E-state index in [2.05, 4.69) is 44.7 Å². The van der Waals surface area contributed by atoms with Crippen molar-refractivity contribution in [2.75, 3.05) is 19.3 Å². The first-order chi connectivity index (χ1) is 20.2. The van der Waals surface area contributed by atoms with Crippen LogP contribution in [-0.2, 0) is 24.2 Å². The minimum Gasteiger partial charge on any atom is -0.369 e. The third kappa shape index (κ3) is 25.0. The molecule has 0 fully saturated rings. The highest BCUT2D eigenvalue weighted by Gasteiger charge is 2.01. The summed E-state index contributed by atoms with van der Waals surface area (Å²) >= 11 is 0. The van der Waals surface area contributed by atoms with Crippen molar-refractivity contribution >= 4 is 12.2 Å². The smallest absolute Gasteiger partial charge is 0.197 e. The number of carbonyl (C=O) groups is 1. The molecule has 4 N–H and O–H groups in total. The Labute approximate surface area is 251 Å². The molecule has 8 nitrogen and oxygen atoms in total. The first-order valence-corrected chi connectivity index (χ1v) is 16.6. The van der Waals surface area contributed by atoms with Gasteiger partial charge in [0, 0.05) is 24.9 Å². The molecule has 2 aromatic heterocycles. The molecule has 2 heterocycles. The quantitative estimate of drug-likeness (QED) is 0.0666. The van der Waals surface area contributed by atoms with E-state index in [4.69, 9.17) is 5.73 Å². The summed E-state index contributed by atoms with van der Waals surface area (Å²) in [7, 11) is 1.94. The number of H-pyrrole nitrogens is 1. The molecule has 2 aromatic rings. The minimum atomic E-state index is 0.498. The maximum atomic E-state index is 10.1. The van der Waals surface area contributed by atoms with Gasteiger partial charge in [-0.2, -0.15) is 0 Å². The number of imidazole rings is 1. The van der Waals surface area contributed by atoms with E-state index < -0.39 is 0 Å². The number of nitrogen functional groups attached to an aromatic ring is 1. The molecule has 0 aromatic carbocycles. The number of unbranched alkanes of at least 4 members (excludes halogenated alkanes) is 14. The molecule has 0 radical (unpaired) electrons. The van der Waals surface area contributed by atoms with Crippen LogP contribution in [0.5, 0.6) is 0 Å². The van der Waals surface area contributed by atoms with Gasteiger partial charge in [0.1, 0.15) is 6.29 Å². The Morgan fingerprint density at radius 1 is 0.854 bits per heavy atom. The van der Waals surface area contributed by atoms with E-state index in [1.165, 1.54) is 83.5 Å². The number of anilines is 1. The van der Waals surface area contributed by atoms with Gasteiger partial charge in [0.15, 0.2) is 5.95 Å². The maximum Gasteiger partial charge on any atom is 0.197 e. The fourth-order valence-electron chi connectivity index (χ4n) is 4.39. The Balaban J connectivity index is 0.000000738. The molecular weight excluding hydrogens is 510 g/mol. The highest BCUT2D eigenvalue weighted by molar-refractivity contribution is 5.48. The second-order valence-electron chi connectivity index (χ2n) is 10.5. The lowest BCUT2D eigenvalue weighted by Crippen LogP contribution is -2.15. The zero-order valence-corrected chi connectivity index (χ0v) is 27.0. The summed E-state index contributed by atoms with van der Waals surface area (Å²) < 4.78 is 1.89. The lowest BCUT2D eigenvalue weighted by Gasteiger charge is -1.99. The van der Waals surface area contributed by atoms with Crippen LogP contribution in [0.1, 0.15) is 141 Å². The van der Waals surface area contributed by atoms with Crippen molar-refractivity contribution in [2.24, 2.45) is 0 Å². The molecule has 0 atom stereocenters. The number of nitrogens with zero attached hydrogens (tertiary/aromatic N) is 4. The van der Waals surface area contributed by atoms with Gasteiger partial charge >= 0.3 is 0 Å². The molecule has 0 unspecified atom stereocenters. The van der Waals surface area contributed by atoms with Crippen LogP contribution in [0.15, 0.2) is 24.5 Å². The average Bonchev–Trinajstić information content (AvgIpc) is 3.63. The van der Waals surface area contributed by atoms with Crippen LogP contribution in [-0.4, -0.2) is 44.8 Å².